The largest absolute Gasteiger partial charge is 0.343 e. The summed E-state index contributed by atoms with van der Waals surface area (Å²) in [6, 6.07) is 16.1. The molecule has 0 aliphatic carbocycles. The van der Waals surface area contributed by atoms with Crippen molar-refractivity contribution in [2.75, 3.05) is 13.1 Å². The molecule has 1 heterocycles. The van der Waals surface area contributed by atoms with Gasteiger partial charge in [-0.25, -0.2) is 0 Å². The van der Waals surface area contributed by atoms with Crippen molar-refractivity contribution in [3.8, 4) is 0 Å². The van der Waals surface area contributed by atoms with Crippen LogP contribution in [0.25, 0.3) is 0 Å². The molecule has 0 spiro atoms. The van der Waals surface area contributed by atoms with E-state index in [-0.39, 0.29) is 0 Å². The van der Waals surface area contributed by atoms with Gasteiger partial charge in [0.1, 0.15) is 0 Å². The maximum Gasteiger partial charge on any atom is 0.222 e. The summed E-state index contributed by atoms with van der Waals surface area (Å²) in [5, 5.41) is 1.55. The van der Waals surface area contributed by atoms with Gasteiger partial charge in [-0.2, -0.15) is 0 Å². The van der Waals surface area contributed by atoms with E-state index in [1.54, 1.807) is 0 Å². The summed E-state index contributed by atoms with van der Waals surface area (Å²) in [7, 11) is 0. The highest BCUT2D eigenvalue weighted by Crippen LogP contribution is 2.29. The van der Waals surface area contributed by atoms with E-state index in [9.17, 15) is 4.79 Å². The summed E-state index contributed by atoms with van der Waals surface area (Å²) < 4.78 is 0. The lowest BCUT2D eigenvalue weighted by molar-refractivity contribution is -0.132. The van der Waals surface area contributed by atoms with Crippen LogP contribution in [0.2, 0.25) is 10.0 Å². The quantitative estimate of drug-likeness (QED) is 0.545. The Bertz CT molecular complexity index is 704. The Balaban J connectivity index is 1.37. The zero-order chi connectivity index (χ0) is 18.4. The average molecular weight is 390 g/mol. The van der Waals surface area contributed by atoms with Gasteiger partial charge in [0, 0.05) is 29.6 Å². The van der Waals surface area contributed by atoms with Crippen LogP contribution in [0, 0.1) is 0 Å². The molecule has 0 N–H and O–H groups in total. The molecule has 0 radical (unpaired) electrons. The van der Waals surface area contributed by atoms with Crippen LogP contribution in [0.1, 0.15) is 49.1 Å². The zero-order valence-corrected chi connectivity index (χ0v) is 16.5. The number of nitrogens with zero attached hydrogens (tertiary/aromatic N) is 1. The van der Waals surface area contributed by atoms with Gasteiger partial charge in [-0.1, -0.05) is 47.5 Å². The zero-order valence-electron chi connectivity index (χ0n) is 15.0. The van der Waals surface area contributed by atoms with Crippen LogP contribution in [-0.4, -0.2) is 23.9 Å². The standard InChI is InChI=1S/C22H25Cl2NO/c23-20-9-5-17(6-10-20)3-1-2-4-22(26)25-15-13-19(14-16-25)18-7-11-21(24)12-8-18/h5-12,19H,1-4,13-16H2. The van der Waals surface area contributed by atoms with E-state index < -0.39 is 0 Å². The van der Waals surface area contributed by atoms with Gasteiger partial charge in [-0.15, -0.1) is 0 Å². The molecule has 3 rings (SSSR count). The lowest BCUT2D eigenvalue weighted by atomic mass is 9.89. The van der Waals surface area contributed by atoms with Gasteiger partial charge in [0.25, 0.3) is 0 Å². The molecule has 1 aliphatic heterocycles. The number of piperidine rings is 1. The first kappa shape index (κ1) is 19.3. The van der Waals surface area contributed by atoms with Gasteiger partial charge in [0.15, 0.2) is 0 Å². The number of carbonyl (C=O) groups is 1. The molecule has 2 aromatic rings. The van der Waals surface area contributed by atoms with Gasteiger partial charge < -0.3 is 4.90 Å². The molecule has 26 heavy (non-hydrogen) atoms. The first-order chi connectivity index (χ1) is 12.6. The fraction of sp³-hybridized carbons (Fsp3) is 0.409. The minimum absolute atomic E-state index is 0.302. The molecule has 0 saturated carbocycles. The van der Waals surface area contributed by atoms with Crippen LogP contribution in [0.3, 0.4) is 0 Å². The van der Waals surface area contributed by atoms with Crippen molar-refractivity contribution < 1.29 is 4.79 Å². The highest BCUT2D eigenvalue weighted by molar-refractivity contribution is 6.30. The summed E-state index contributed by atoms with van der Waals surface area (Å²) >= 11 is 11.9. The number of benzene rings is 2. The third-order valence-corrected chi connectivity index (χ3v) is 5.71. The minimum Gasteiger partial charge on any atom is -0.343 e. The summed E-state index contributed by atoms with van der Waals surface area (Å²) in [6.07, 6.45) is 5.71. The smallest absolute Gasteiger partial charge is 0.222 e. The maximum absolute atomic E-state index is 12.4. The second kappa shape index (κ2) is 9.43. The van der Waals surface area contributed by atoms with E-state index in [2.05, 4.69) is 24.3 Å². The molecule has 4 heteroatoms. The van der Waals surface area contributed by atoms with Crippen molar-refractivity contribution >= 4 is 29.1 Å². The third kappa shape index (κ3) is 5.49. The number of rotatable bonds is 6. The molecule has 1 saturated heterocycles. The van der Waals surface area contributed by atoms with Gasteiger partial charge in [0.05, 0.1) is 0 Å². The highest BCUT2D eigenvalue weighted by Gasteiger charge is 2.23. The van der Waals surface area contributed by atoms with Gasteiger partial charge >= 0.3 is 0 Å². The molecule has 0 atom stereocenters. The third-order valence-electron chi connectivity index (χ3n) is 5.21. The minimum atomic E-state index is 0.302. The fourth-order valence-corrected chi connectivity index (χ4v) is 3.86. The predicted molar refractivity (Wildman–Crippen MR) is 109 cm³/mol. The second-order valence-corrected chi connectivity index (χ2v) is 7.91. The predicted octanol–water partition coefficient (Wildman–Crippen LogP) is 6.11. The Morgan fingerprint density at radius 2 is 1.46 bits per heavy atom. The number of aryl methyl sites for hydroxylation is 1. The van der Waals surface area contributed by atoms with Crippen LogP contribution in [0.4, 0.5) is 0 Å². The lowest BCUT2D eigenvalue weighted by Gasteiger charge is -2.32. The molecular formula is C22H25Cl2NO. The van der Waals surface area contributed by atoms with Crippen LogP contribution in [0.15, 0.2) is 48.5 Å². The van der Waals surface area contributed by atoms with Crippen molar-refractivity contribution in [3.05, 3.63) is 69.7 Å². The monoisotopic (exact) mass is 389 g/mol. The molecule has 1 fully saturated rings. The summed E-state index contributed by atoms with van der Waals surface area (Å²) in [5.74, 6) is 0.844. The van der Waals surface area contributed by atoms with Crippen molar-refractivity contribution in [2.24, 2.45) is 0 Å². The summed E-state index contributed by atoms with van der Waals surface area (Å²) in [4.78, 5) is 14.5. The van der Waals surface area contributed by atoms with E-state index >= 15 is 0 Å². The normalized spacial score (nSPS) is 15.2. The van der Waals surface area contributed by atoms with Gasteiger partial charge in [0.2, 0.25) is 5.91 Å². The number of likely N-dealkylation sites (tertiary alicyclic amines) is 1. The molecule has 2 aromatic carbocycles. The van der Waals surface area contributed by atoms with E-state index in [1.165, 1.54) is 11.1 Å². The molecule has 1 aliphatic rings. The number of carbonyl (C=O) groups excluding carboxylic acids is 1. The van der Waals surface area contributed by atoms with Crippen LogP contribution >= 0.6 is 23.2 Å². The fourth-order valence-electron chi connectivity index (χ4n) is 3.61. The molecule has 0 aromatic heterocycles. The SMILES string of the molecule is O=C(CCCCc1ccc(Cl)cc1)N1CCC(c2ccc(Cl)cc2)CC1. The van der Waals surface area contributed by atoms with Crippen molar-refractivity contribution in [1.29, 1.82) is 0 Å². The second-order valence-electron chi connectivity index (χ2n) is 7.04. The van der Waals surface area contributed by atoms with Gasteiger partial charge in [-0.3, -0.25) is 4.79 Å². The van der Waals surface area contributed by atoms with E-state index in [1.807, 2.05) is 29.2 Å². The Labute approximate surface area is 166 Å². The Morgan fingerprint density at radius 1 is 0.885 bits per heavy atom. The number of hydrogen-bond donors (Lipinski definition) is 0. The van der Waals surface area contributed by atoms with Crippen LogP contribution in [-0.2, 0) is 11.2 Å². The van der Waals surface area contributed by atoms with Crippen LogP contribution in [0.5, 0.6) is 0 Å². The van der Waals surface area contributed by atoms with Crippen molar-refractivity contribution in [1.82, 2.24) is 4.90 Å². The average Bonchev–Trinajstić information content (AvgIpc) is 2.67. The maximum atomic E-state index is 12.4. The van der Waals surface area contributed by atoms with E-state index in [0.717, 1.165) is 55.2 Å². The first-order valence-electron chi connectivity index (χ1n) is 9.39. The highest BCUT2D eigenvalue weighted by atomic mass is 35.5. The molecule has 138 valence electrons. The Kier molecular flexibility index (Phi) is 6.99. The number of unbranched alkanes of at least 4 members (excludes halogenated alkanes) is 1. The summed E-state index contributed by atoms with van der Waals surface area (Å²) in [6.45, 7) is 1.73. The molecule has 0 unspecified atom stereocenters. The molecule has 0 bridgehead atoms. The summed E-state index contributed by atoms with van der Waals surface area (Å²) in [5.41, 5.74) is 2.62. The number of amides is 1. The van der Waals surface area contributed by atoms with E-state index in [4.69, 9.17) is 23.2 Å². The molecule has 1 amide bonds. The number of hydrogen-bond acceptors (Lipinski definition) is 1. The van der Waals surface area contributed by atoms with Crippen molar-refractivity contribution in [2.45, 2.75) is 44.4 Å². The van der Waals surface area contributed by atoms with Crippen molar-refractivity contribution in [3.63, 3.8) is 0 Å². The lowest BCUT2D eigenvalue weighted by Crippen LogP contribution is -2.37. The number of halogens is 2. The van der Waals surface area contributed by atoms with Gasteiger partial charge in [-0.05, 0) is 73.4 Å². The first-order valence-corrected chi connectivity index (χ1v) is 10.1. The molecule has 2 nitrogen and oxygen atoms in total. The topological polar surface area (TPSA) is 20.3 Å². The Morgan fingerprint density at radius 3 is 2.08 bits per heavy atom. The Hall–Kier alpha value is -1.51. The van der Waals surface area contributed by atoms with E-state index in [0.29, 0.717) is 18.2 Å². The molecular weight excluding hydrogens is 365 g/mol. The van der Waals surface area contributed by atoms with Crippen LogP contribution < -0.4 is 0 Å².